The van der Waals surface area contributed by atoms with E-state index in [9.17, 15) is 9.18 Å². The molecule has 1 heterocycles. The number of benzene rings is 3. The number of hydrogen-bond acceptors (Lipinski definition) is 4. The second kappa shape index (κ2) is 9.60. The van der Waals surface area contributed by atoms with Crippen molar-refractivity contribution in [2.45, 2.75) is 33.4 Å². The maximum absolute atomic E-state index is 13.7. The standard InChI is InChI=1S/C25H25FN4O2/c1-17-14-23-24(15-18(17)2)30(29-28-23)12-5-13-32-21-10-8-19(9-11-21)25(31)27-16-20-6-3-4-7-22(20)26/h3-4,6-11,14-15H,5,12-13,16H2,1-2H3,(H,27,31). The predicted molar refractivity (Wildman–Crippen MR) is 121 cm³/mol. The number of aromatic nitrogens is 3. The van der Waals surface area contributed by atoms with E-state index >= 15 is 0 Å². The molecule has 164 valence electrons. The van der Waals surface area contributed by atoms with Crippen LogP contribution in [0.5, 0.6) is 5.75 Å². The fourth-order valence-electron chi connectivity index (χ4n) is 3.41. The molecule has 0 aliphatic rings. The molecule has 0 atom stereocenters. The van der Waals surface area contributed by atoms with E-state index in [4.69, 9.17) is 4.74 Å². The van der Waals surface area contributed by atoms with Crippen molar-refractivity contribution in [1.29, 1.82) is 0 Å². The van der Waals surface area contributed by atoms with E-state index in [-0.39, 0.29) is 18.3 Å². The van der Waals surface area contributed by atoms with Gasteiger partial charge in [0.15, 0.2) is 0 Å². The number of nitrogens with zero attached hydrogens (tertiary/aromatic N) is 3. The number of aryl methyl sites for hydroxylation is 3. The van der Waals surface area contributed by atoms with Gasteiger partial charge in [-0.05, 0) is 67.4 Å². The average molecular weight is 432 g/mol. The van der Waals surface area contributed by atoms with Gasteiger partial charge in [-0.25, -0.2) is 9.07 Å². The van der Waals surface area contributed by atoms with Crippen LogP contribution < -0.4 is 10.1 Å². The minimum atomic E-state index is -0.333. The number of halogens is 1. The summed E-state index contributed by atoms with van der Waals surface area (Å²) < 4.78 is 21.4. The number of hydrogen-bond donors (Lipinski definition) is 1. The molecule has 32 heavy (non-hydrogen) atoms. The van der Waals surface area contributed by atoms with Crippen LogP contribution in [0, 0.1) is 19.7 Å². The lowest BCUT2D eigenvalue weighted by Crippen LogP contribution is -2.23. The Morgan fingerprint density at radius 2 is 1.81 bits per heavy atom. The molecule has 0 fully saturated rings. The fraction of sp³-hybridized carbons (Fsp3) is 0.240. The number of rotatable bonds is 8. The summed E-state index contributed by atoms with van der Waals surface area (Å²) in [7, 11) is 0. The molecule has 7 heteroatoms. The van der Waals surface area contributed by atoms with Crippen molar-refractivity contribution in [1.82, 2.24) is 20.3 Å². The van der Waals surface area contributed by atoms with Gasteiger partial charge in [0, 0.05) is 30.6 Å². The molecular formula is C25H25FN4O2. The first-order valence-electron chi connectivity index (χ1n) is 10.6. The van der Waals surface area contributed by atoms with Crippen molar-refractivity contribution in [3.05, 3.63) is 88.7 Å². The molecule has 0 aliphatic carbocycles. The first kappa shape index (κ1) is 21.5. The summed E-state index contributed by atoms with van der Waals surface area (Å²) in [6, 6.07) is 17.5. The molecule has 0 unspecified atom stereocenters. The second-order valence-electron chi connectivity index (χ2n) is 7.74. The van der Waals surface area contributed by atoms with Gasteiger partial charge in [0.05, 0.1) is 12.1 Å². The summed E-state index contributed by atoms with van der Waals surface area (Å²) in [4.78, 5) is 12.3. The Hall–Kier alpha value is -3.74. The summed E-state index contributed by atoms with van der Waals surface area (Å²) in [6.45, 7) is 5.51. The Kier molecular flexibility index (Phi) is 6.44. The Morgan fingerprint density at radius 1 is 1.06 bits per heavy atom. The Balaban J connectivity index is 1.26. The van der Waals surface area contributed by atoms with Crippen LogP contribution in [-0.2, 0) is 13.1 Å². The van der Waals surface area contributed by atoms with Gasteiger partial charge in [0.2, 0.25) is 0 Å². The predicted octanol–water partition coefficient (Wildman–Crippen LogP) is 4.59. The van der Waals surface area contributed by atoms with Crippen LogP contribution in [0.25, 0.3) is 11.0 Å². The normalized spacial score (nSPS) is 11.0. The van der Waals surface area contributed by atoms with Gasteiger partial charge in [0.25, 0.3) is 5.91 Å². The van der Waals surface area contributed by atoms with Crippen LogP contribution in [-0.4, -0.2) is 27.5 Å². The van der Waals surface area contributed by atoms with Crippen LogP contribution in [0.2, 0.25) is 0 Å². The lowest BCUT2D eigenvalue weighted by Gasteiger charge is -2.09. The van der Waals surface area contributed by atoms with E-state index in [1.54, 1.807) is 42.5 Å². The van der Waals surface area contributed by atoms with Crippen LogP contribution in [0.1, 0.15) is 33.5 Å². The quantitative estimate of drug-likeness (QED) is 0.414. The van der Waals surface area contributed by atoms with Crippen LogP contribution in [0.3, 0.4) is 0 Å². The smallest absolute Gasteiger partial charge is 0.251 e. The highest BCUT2D eigenvalue weighted by atomic mass is 19.1. The van der Waals surface area contributed by atoms with Gasteiger partial charge in [-0.1, -0.05) is 23.4 Å². The number of nitrogens with one attached hydrogen (secondary N) is 1. The van der Waals surface area contributed by atoms with E-state index in [0.717, 1.165) is 17.5 Å². The number of carbonyl (C=O) groups is 1. The molecule has 3 aromatic carbocycles. The zero-order valence-corrected chi connectivity index (χ0v) is 18.1. The van der Waals surface area contributed by atoms with E-state index in [1.807, 2.05) is 4.68 Å². The maximum Gasteiger partial charge on any atom is 0.251 e. The highest BCUT2D eigenvalue weighted by Crippen LogP contribution is 2.18. The zero-order chi connectivity index (χ0) is 22.5. The summed E-state index contributed by atoms with van der Waals surface area (Å²) in [5, 5.41) is 11.2. The highest BCUT2D eigenvalue weighted by Gasteiger charge is 2.09. The van der Waals surface area contributed by atoms with Crippen molar-refractivity contribution in [2.24, 2.45) is 0 Å². The lowest BCUT2D eigenvalue weighted by molar-refractivity contribution is 0.0950. The molecular weight excluding hydrogens is 407 g/mol. The average Bonchev–Trinajstić information content (AvgIpc) is 3.18. The van der Waals surface area contributed by atoms with Gasteiger partial charge in [0.1, 0.15) is 17.1 Å². The van der Waals surface area contributed by atoms with Gasteiger partial charge < -0.3 is 10.1 Å². The maximum atomic E-state index is 13.7. The van der Waals surface area contributed by atoms with Gasteiger partial charge >= 0.3 is 0 Å². The SMILES string of the molecule is Cc1cc2nnn(CCCOc3ccc(C(=O)NCc4ccccc4F)cc3)c2cc1C. The minimum Gasteiger partial charge on any atom is -0.494 e. The third kappa shape index (κ3) is 4.94. The molecule has 0 saturated carbocycles. The first-order chi connectivity index (χ1) is 15.5. The summed E-state index contributed by atoms with van der Waals surface area (Å²) >= 11 is 0. The lowest BCUT2D eigenvalue weighted by atomic mass is 10.1. The van der Waals surface area contributed by atoms with Gasteiger partial charge in [-0.2, -0.15) is 0 Å². The van der Waals surface area contributed by atoms with Gasteiger partial charge in [-0.15, -0.1) is 5.10 Å². The van der Waals surface area contributed by atoms with Gasteiger partial charge in [-0.3, -0.25) is 4.79 Å². The van der Waals surface area contributed by atoms with Crippen molar-refractivity contribution in [3.63, 3.8) is 0 Å². The van der Waals surface area contributed by atoms with Crippen LogP contribution >= 0.6 is 0 Å². The zero-order valence-electron chi connectivity index (χ0n) is 18.1. The molecule has 1 N–H and O–H groups in total. The molecule has 4 aromatic rings. The van der Waals surface area contributed by atoms with Crippen molar-refractivity contribution >= 4 is 16.9 Å². The Labute approximate surface area is 186 Å². The third-order valence-electron chi connectivity index (χ3n) is 5.43. The summed E-state index contributed by atoms with van der Waals surface area (Å²) in [5.41, 5.74) is 5.30. The molecule has 0 spiro atoms. The monoisotopic (exact) mass is 432 g/mol. The van der Waals surface area contributed by atoms with Crippen LogP contribution in [0.15, 0.2) is 60.7 Å². The number of ether oxygens (including phenoxy) is 1. The van der Waals surface area contributed by atoms with E-state index in [1.165, 1.54) is 17.2 Å². The largest absolute Gasteiger partial charge is 0.494 e. The van der Waals surface area contributed by atoms with E-state index in [0.29, 0.717) is 30.0 Å². The summed E-state index contributed by atoms with van der Waals surface area (Å²) in [6.07, 6.45) is 0.774. The molecule has 4 rings (SSSR count). The topological polar surface area (TPSA) is 69.0 Å². The number of carbonyl (C=O) groups excluding carboxylic acids is 1. The minimum absolute atomic E-state index is 0.139. The summed E-state index contributed by atoms with van der Waals surface area (Å²) in [5.74, 6) is 0.0923. The molecule has 0 radical (unpaired) electrons. The van der Waals surface area contributed by atoms with E-state index < -0.39 is 0 Å². The number of amides is 1. The third-order valence-corrected chi connectivity index (χ3v) is 5.43. The Bertz CT molecular complexity index is 1230. The van der Waals surface area contributed by atoms with Crippen LogP contribution in [0.4, 0.5) is 4.39 Å². The van der Waals surface area contributed by atoms with Crippen molar-refractivity contribution in [3.8, 4) is 5.75 Å². The Morgan fingerprint density at radius 3 is 2.59 bits per heavy atom. The number of fused-ring (bicyclic) bond motifs is 1. The molecule has 6 nitrogen and oxygen atoms in total. The highest BCUT2D eigenvalue weighted by molar-refractivity contribution is 5.94. The van der Waals surface area contributed by atoms with Crippen molar-refractivity contribution < 1.29 is 13.9 Å². The molecule has 0 saturated heterocycles. The molecule has 1 amide bonds. The first-order valence-corrected chi connectivity index (χ1v) is 10.6. The fourth-order valence-corrected chi connectivity index (χ4v) is 3.41. The molecule has 0 aliphatic heterocycles. The second-order valence-corrected chi connectivity index (χ2v) is 7.74. The molecule has 0 bridgehead atoms. The van der Waals surface area contributed by atoms with E-state index in [2.05, 4.69) is 41.6 Å². The van der Waals surface area contributed by atoms with Crippen molar-refractivity contribution in [2.75, 3.05) is 6.61 Å². The molecule has 1 aromatic heterocycles.